The molecule has 1 aromatic rings. The predicted octanol–water partition coefficient (Wildman–Crippen LogP) is 4.50. The summed E-state index contributed by atoms with van der Waals surface area (Å²) in [6.45, 7) is 0.550. The average Bonchev–Trinajstić information content (AvgIpc) is 2.99. The molecule has 1 atom stereocenters. The molecule has 2 nitrogen and oxygen atoms in total. The first kappa shape index (κ1) is 16.7. The number of hydrogen-bond acceptors (Lipinski definition) is 3. The molecule has 1 heterocycles. The van der Waals surface area contributed by atoms with Crippen molar-refractivity contribution in [2.24, 2.45) is 0 Å². The standard InChI is InChI=1S/C16H22FNOS2/c1-18(12-13-6-8-14(17)9-7-13)16(19)5-3-2-4-15-10-11-20-21-15/h6-9,15H,2-5,10-12H2,1H3. The zero-order valence-electron chi connectivity index (χ0n) is 12.4. The van der Waals surface area contributed by atoms with Crippen LogP contribution in [0.2, 0.25) is 0 Å². The number of benzene rings is 1. The van der Waals surface area contributed by atoms with E-state index in [1.165, 1.54) is 30.7 Å². The molecule has 1 aliphatic heterocycles. The van der Waals surface area contributed by atoms with Crippen molar-refractivity contribution >= 4 is 27.5 Å². The van der Waals surface area contributed by atoms with Crippen LogP contribution in [0.1, 0.15) is 37.7 Å². The van der Waals surface area contributed by atoms with E-state index in [4.69, 9.17) is 0 Å². The molecule has 0 N–H and O–H groups in total. The van der Waals surface area contributed by atoms with Crippen LogP contribution in [-0.4, -0.2) is 28.9 Å². The molecule has 2 rings (SSSR count). The summed E-state index contributed by atoms with van der Waals surface area (Å²) in [5.74, 6) is 1.21. The molecular formula is C16H22FNOS2. The Morgan fingerprint density at radius 3 is 2.76 bits per heavy atom. The van der Waals surface area contributed by atoms with Crippen LogP contribution in [0.25, 0.3) is 0 Å². The fourth-order valence-corrected chi connectivity index (χ4v) is 5.38. The van der Waals surface area contributed by atoms with Crippen LogP contribution < -0.4 is 0 Å². The molecule has 21 heavy (non-hydrogen) atoms. The molecule has 0 aliphatic carbocycles. The minimum Gasteiger partial charge on any atom is -0.341 e. The third-order valence-corrected chi connectivity index (χ3v) is 6.66. The molecule has 0 bridgehead atoms. The molecule has 1 fully saturated rings. The first-order valence-corrected chi connectivity index (χ1v) is 9.80. The van der Waals surface area contributed by atoms with Gasteiger partial charge in [-0.05, 0) is 37.0 Å². The SMILES string of the molecule is CN(Cc1ccc(F)cc1)C(=O)CCCCC1CCSS1. The van der Waals surface area contributed by atoms with E-state index in [-0.39, 0.29) is 11.7 Å². The maximum atomic E-state index is 12.8. The van der Waals surface area contributed by atoms with Gasteiger partial charge in [0.15, 0.2) is 0 Å². The van der Waals surface area contributed by atoms with Crippen molar-refractivity contribution in [2.45, 2.75) is 43.9 Å². The van der Waals surface area contributed by atoms with E-state index in [9.17, 15) is 9.18 Å². The highest BCUT2D eigenvalue weighted by Gasteiger charge is 2.16. The zero-order chi connectivity index (χ0) is 15.1. The number of carbonyl (C=O) groups excluding carboxylic acids is 1. The van der Waals surface area contributed by atoms with Crippen molar-refractivity contribution in [2.75, 3.05) is 12.8 Å². The summed E-state index contributed by atoms with van der Waals surface area (Å²) in [5.41, 5.74) is 0.964. The first-order valence-electron chi connectivity index (χ1n) is 7.42. The average molecular weight is 327 g/mol. The molecule has 5 heteroatoms. The summed E-state index contributed by atoms with van der Waals surface area (Å²) in [7, 11) is 5.78. The van der Waals surface area contributed by atoms with E-state index in [0.29, 0.717) is 13.0 Å². The summed E-state index contributed by atoms with van der Waals surface area (Å²) in [5, 5.41) is 0.794. The lowest BCUT2D eigenvalue weighted by atomic mass is 10.1. The Morgan fingerprint density at radius 2 is 2.10 bits per heavy atom. The van der Waals surface area contributed by atoms with Crippen LogP contribution in [0.4, 0.5) is 4.39 Å². The van der Waals surface area contributed by atoms with E-state index in [1.54, 1.807) is 17.0 Å². The quantitative estimate of drug-likeness (QED) is 0.543. The Hall–Kier alpha value is -0.680. The second kappa shape index (κ2) is 8.69. The van der Waals surface area contributed by atoms with Crippen molar-refractivity contribution in [3.63, 3.8) is 0 Å². The van der Waals surface area contributed by atoms with Gasteiger partial charge in [-0.1, -0.05) is 40.1 Å². The smallest absolute Gasteiger partial charge is 0.222 e. The van der Waals surface area contributed by atoms with Gasteiger partial charge in [0.2, 0.25) is 5.91 Å². The van der Waals surface area contributed by atoms with Crippen LogP contribution in [0.5, 0.6) is 0 Å². The number of amides is 1. The van der Waals surface area contributed by atoms with Gasteiger partial charge >= 0.3 is 0 Å². The van der Waals surface area contributed by atoms with Crippen LogP contribution in [0, 0.1) is 5.82 Å². The molecule has 0 saturated carbocycles. The third-order valence-electron chi connectivity index (χ3n) is 3.65. The van der Waals surface area contributed by atoms with Gasteiger partial charge in [0, 0.05) is 31.0 Å². The van der Waals surface area contributed by atoms with Crippen molar-refractivity contribution < 1.29 is 9.18 Å². The molecule has 1 amide bonds. The van der Waals surface area contributed by atoms with Gasteiger partial charge in [0.1, 0.15) is 5.82 Å². The summed E-state index contributed by atoms with van der Waals surface area (Å²) < 4.78 is 12.8. The highest BCUT2D eigenvalue weighted by Crippen LogP contribution is 2.39. The van der Waals surface area contributed by atoms with E-state index < -0.39 is 0 Å². The van der Waals surface area contributed by atoms with Gasteiger partial charge < -0.3 is 4.90 Å². The van der Waals surface area contributed by atoms with E-state index in [2.05, 4.69) is 0 Å². The molecule has 1 aliphatic rings. The molecule has 0 radical (unpaired) electrons. The minimum absolute atomic E-state index is 0.174. The van der Waals surface area contributed by atoms with Crippen LogP contribution in [0.15, 0.2) is 24.3 Å². The van der Waals surface area contributed by atoms with Gasteiger partial charge in [0.05, 0.1) is 0 Å². The molecule has 0 spiro atoms. The van der Waals surface area contributed by atoms with E-state index >= 15 is 0 Å². The Balaban J connectivity index is 1.63. The summed E-state index contributed by atoms with van der Waals surface area (Å²) in [4.78, 5) is 13.8. The largest absolute Gasteiger partial charge is 0.341 e. The number of rotatable bonds is 7. The number of nitrogens with zero attached hydrogens (tertiary/aromatic N) is 1. The molecule has 0 aromatic heterocycles. The predicted molar refractivity (Wildman–Crippen MR) is 89.8 cm³/mol. The Morgan fingerprint density at radius 1 is 1.33 bits per heavy atom. The summed E-state index contributed by atoms with van der Waals surface area (Å²) in [6.07, 6.45) is 5.26. The Bertz CT molecular complexity index is 446. The van der Waals surface area contributed by atoms with Crippen LogP contribution in [-0.2, 0) is 11.3 Å². The summed E-state index contributed by atoms with van der Waals surface area (Å²) >= 11 is 0. The van der Waals surface area contributed by atoms with E-state index in [0.717, 1.165) is 23.7 Å². The van der Waals surface area contributed by atoms with Crippen molar-refractivity contribution in [1.29, 1.82) is 0 Å². The highest BCUT2D eigenvalue weighted by atomic mass is 33.1. The summed E-state index contributed by atoms with van der Waals surface area (Å²) in [6, 6.07) is 6.33. The lowest BCUT2D eigenvalue weighted by Gasteiger charge is -2.17. The Kier molecular flexibility index (Phi) is 6.90. The molecule has 116 valence electrons. The monoisotopic (exact) mass is 327 g/mol. The van der Waals surface area contributed by atoms with Gasteiger partial charge in [0.25, 0.3) is 0 Å². The lowest BCUT2D eigenvalue weighted by Crippen LogP contribution is -2.25. The highest BCUT2D eigenvalue weighted by molar-refractivity contribution is 8.77. The van der Waals surface area contributed by atoms with Crippen molar-refractivity contribution in [3.05, 3.63) is 35.6 Å². The number of unbranched alkanes of at least 4 members (excludes halogenated alkanes) is 1. The number of carbonyl (C=O) groups is 1. The first-order chi connectivity index (χ1) is 10.1. The molecule has 1 unspecified atom stereocenters. The van der Waals surface area contributed by atoms with E-state index in [1.807, 2.05) is 28.6 Å². The number of hydrogen-bond donors (Lipinski definition) is 0. The fourth-order valence-electron chi connectivity index (χ4n) is 2.36. The van der Waals surface area contributed by atoms with Crippen LogP contribution >= 0.6 is 21.6 Å². The van der Waals surface area contributed by atoms with Gasteiger partial charge in [-0.2, -0.15) is 0 Å². The maximum Gasteiger partial charge on any atom is 0.222 e. The second-order valence-electron chi connectivity index (χ2n) is 5.45. The van der Waals surface area contributed by atoms with Gasteiger partial charge in [-0.15, -0.1) is 0 Å². The normalized spacial score (nSPS) is 17.9. The molecule has 1 saturated heterocycles. The van der Waals surface area contributed by atoms with Crippen LogP contribution in [0.3, 0.4) is 0 Å². The van der Waals surface area contributed by atoms with Crippen molar-refractivity contribution in [1.82, 2.24) is 4.90 Å². The minimum atomic E-state index is -0.240. The maximum absolute atomic E-state index is 12.8. The van der Waals surface area contributed by atoms with Crippen molar-refractivity contribution in [3.8, 4) is 0 Å². The topological polar surface area (TPSA) is 20.3 Å². The Labute approximate surface area is 134 Å². The lowest BCUT2D eigenvalue weighted by molar-refractivity contribution is -0.130. The number of halogens is 1. The fraction of sp³-hybridized carbons (Fsp3) is 0.562. The zero-order valence-corrected chi connectivity index (χ0v) is 14.0. The molecule has 1 aromatic carbocycles. The van der Waals surface area contributed by atoms with Gasteiger partial charge in [-0.3, -0.25) is 4.79 Å². The second-order valence-corrected chi connectivity index (χ2v) is 8.24. The molecular weight excluding hydrogens is 305 g/mol. The third kappa shape index (κ3) is 5.91. The van der Waals surface area contributed by atoms with Gasteiger partial charge in [-0.25, -0.2) is 4.39 Å².